The molecule has 5 heteroatoms. The summed E-state index contributed by atoms with van der Waals surface area (Å²) in [6.07, 6.45) is -0.492. The number of carbonyl (C=O) groups is 1. The molecule has 0 aromatic heterocycles. The lowest BCUT2D eigenvalue weighted by Crippen LogP contribution is -2.36. The van der Waals surface area contributed by atoms with Gasteiger partial charge in [0.15, 0.2) is 0 Å². The van der Waals surface area contributed by atoms with Gasteiger partial charge in [-0.15, -0.1) is 0 Å². The summed E-state index contributed by atoms with van der Waals surface area (Å²) in [5, 5.41) is 8.50. The van der Waals surface area contributed by atoms with Crippen molar-refractivity contribution in [3.05, 3.63) is 0 Å². The second kappa shape index (κ2) is 5.40. The normalized spacial score (nSPS) is 15.6. The molecule has 3 N–H and O–H groups in total. The second-order valence-electron chi connectivity index (χ2n) is 2.22. The SMILES string of the molecule is CC(CO)OC(=O)[C@@H](N)CS. The predicted octanol–water partition coefficient (Wildman–Crippen LogP) is -0.832. The smallest absolute Gasteiger partial charge is 0.324 e. The van der Waals surface area contributed by atoms with Gasteiger partial charge in [-0.1, -0.05) is 0 Å². The first-order valence-corrected chi connectivity index (χ1v) is 3.92. The van der Waals surface area contributed by atoms with Crippen molar-refractivity contribution < 1.29 is 14.6 Å². The van der Waals surface area contributed by atoms with Crippen molar-refractivity contribution in [2.75, 3.05) is 12.4 Å². The van der Waals surface area contributed by atoms with E-state index in [1.54, 1.807) is 6.92 Å². The Kier molecular flexibility index (Phi) is 5.27. The predicted molar refractivity (Wildman–Crippen MR) is 44.5 cm³/mol. The Labute approximate surface area is 71.1 Å². The van der Waals surface area contributed by atoms with Crippen LogP contribution in [0.5, 0.6) is 0 Å². The molecule has 0 bridgehead atoms. The molecule has 2 atom stereocenters. The third-order valence-electron chi connectivity index (χ3n) is 1.07. The molecule has 0 aromatic rings. The third-order valence-corrected chi connectivity index (χ3v) is 1.47. The van der Waals surface area contributed by atoms with Gasteiger partial charge in [0.05, 0.1) is 6.61 Å². The van der Waals surface area contributed by atoms with Crippen LogP contribution in [0.1, 0.15) is 6.92 Å². The van der Waals surface area contributed by atoms with Gasteiger partial charge in [0.2, 0.25) is 0 Å². The number of hydrogen-bond donors (Lipinski definition) is 3. The minimum Gasteiger partial charge on any atom is -0.459 e. The van der Waals surface area contributed by atoms with E-state index < -0.39 is 18.1 Å². The summed E-state index contributed by atoms with van der Waals surface area (Å²) in [7, 11) is 0. The van der Waals surface area contributed by atoms with Gasteiger partial charge >= 0.3 is 5.97 Å². The minimum absolute atomic E-state index is 0.189. The number of aliphatic hydroxyl groups excluding tert-OH is 1. The van der Waals surface area contributed by atoms with Crippen LogP contribution in [0, 0.1) is 0 Å². The van der Waals surface area contributed by atoms with Gasteiger partial charge in [0.1, 0.15) is 12.1 Å². The Bertz CT molecular complexity index is 131. The average molecular weight is 179 g/mol. The van der Waals surface area contributed by atoms with Crippen LogP contribution in [0.4, 0.5) is 0 Å². The van der Waals surface area contributed by atoms with E-state index in [9.17, 15) is 4.79 Å². The summed E-state index contributed by atoms with van der Waals surface area (Å²) in [5.41, 5.74) is 5.29. The number of thiol groups is 1. The number of nitrogens with two attached hydrogens (primary N) is 1. The van der Waals surface area contributed by atoms with Crippen molar-refractivity contribution in [1.82, 2.24) is 0 Å². The molecular weight excluding hydrogens is 166 g/mol. The molecule has 11 heavy (non-hydrogen) atoms. The first-order valence-electron chi connectivity index (χ1n) is 3.29. The maximum atomic E-state index is 10.8. The molecule has 0 rings (SSSR count). The maximum absolute atomic E-state index is 10.8. The number of rotatable bonds is 4. The van der Waals surface area contributed by atoms with Crippen molar-refractivity contribution in [2.45, 2.75) is 19.1 Å². The number of hydrogen-bond acceptors (Lipinski definition) is 5. The molecule has 0 amide bonds. The summed E-state index contributed by atoms with van der Waals surface area (Å²) in [6, 6.07) is -0.702. The zero-order valence-electron chi connectivity index (χ0n) is 6.36. The third kappa shape index (κ3) is 4.23. The van der Waals surface area contributed by atoms with Gasteiger partial charge in [-0.3, -0.25) is 4.79 Å². The van der Waals surface area contributed by atoms with Crippen LogP contribution in [-0.4, -0.2) is 35.6 Å². The molecule has 0 aliphatic carbocycles. The van der Waals surface area contributed by atoms with Gasteiger partial charge in [-0.05, 0) is 6.92 Å². The van der Waals surface area contributed by atoms with Crippen LogP contribution in [0.3, 0.4) is 0 Å². The fourth-order valence-corrected chi connectivity index (χ4v) is 0.547. The highest BCUT2D eigenvalue weighted by Gasteiger charge is 2.15. The summed E-state index contributed by atoms with van der Waals surface area (Å²) in [4.78, 5) is 10.8. The molecule has 0 fully saturated rings. The van der Waals surface area contributed by atoms with E-state index in [1.807, 2.05) is 0 Å². The highest BCUT2D eigenvalue weighted by molar-refractivity contribution is 7.80. The van der Waals surface area contributed by atoms with Crippen molar-refractivity contribution in [3.8, 4) is 0 Å². The van der Waals surface area contributed by atoms with E-state index in [2.05, 4.69) is 17.4 Å². The number of carbonyl (C=O) groups excluding carboxylic acids is 1. The van der Waals surface area contributed by atoms with E-state index in [4.69, 9.17) is 10.8 Å². The van der Waals surface area contributed by atoms with Gasteiger partial charge in [-0.25, -0.2) is 0 Å². The van der Waals surface area contributed by atoms with Gasteiger partial charge in [0, 0.05) is 5.75 Å². The van der Waals surface area contributed by atoms with Crippen molar-refractivity contribution in [3.63, 3.8) is 0 Å². The fourth-order valence-electron chi connectivity index (χ4n) is 0.397. The second-order valence-corrected chi connectivity index (χ2v) is 2.58. The lowest BCUT2D eigenvalue weighted by atomic mass is 10.3. The molecule has 4 nitrogen and oxygen atoms in total. The molecule has 1 unspecified atom stereocenters. The molecule has 0 saturated heterocycles. The number of esters is 1. The maximum Gasteiger partial charge on any atom is 0.324 e. The molecule has 0 radical (unpaired) electrons. The van der Waals surface area contributed by atoms with E-state index in [0.717, 1.165) is 0 Å². The van der Waals surface area contributed by atoms with Crippen LogP contribution >= 0.6 is 12.6 Å². The molecule has 0 saturated carbocycles. The van der Waals surface area contributed by atoms with Crippen molar-refractivity contribution in [1.29, 1.82) is 0 Å². The highest BCUT2D eigenvalue weighted by atomic mass is 32.1. The van der Waals surface area contributed by atoms with Crippen molar-refractivity contribution in [2.24, 2.45) is 5.73 Å². The topological polar surface area (TPSA) is 72.5 Å². The molecule has 0 aliphatic rings. The lowest BCUT2D eigenvalue weighted by molar-refractivity contribution is -0.150. The monoisotopic (exact) mass is 179 g/mol. The van der Waals surface area contributed by atoms with Crippen molar-refractivity contribution >= 4 is 18.6 Å². The molecule has 0 aliphatic heterocycles. The summed E-state index contributed by atoms with van der Waals surface area (Å²) < 4.78 is 4.69. The molecule has 66 valence electrons. The van der Waals surface area contributed by atoms with Crippen LogP contribution < -0.4 is 5.73 Å². The number of aliphatic hydroxyl groups is 1. The molecular formula is C6H13NO3S. The first-order chi connectivity index (χ1) is 5.11. The molecule has 0 aromatic carbocycles. The van der Waals surface area contributed by atoms with E-state index >= 15 is 0 Å². The summed E-state index contributed by atoms with van der Waals surface area (Å²) in [5.74, 6) is -0.279. The summed E-state index contributed by atoms with van der Waals surface area (Å²) >= 11 is 3.82. The summed E-state index contributed by atoms with van der Waals surface area (Å²) in [6.45, 7) is 1.40. The lowest BCUT2D eigenvalue weighted by Gasteiger charge is -2.12. The van der Waals surface area contributed by atoms with Crippen LogP contribution in [0.25, 0.3) is 0 Å². The van der Waals surface area contributed by atoms with E-state index in [1.165, 1.54) is 0 Å². The Balaban J connectivity index is 3.68. The van der Waals surface area contributed by atoms with Crippen LogP contribution in [0.15, 0.2) is 0 Å². The Hall–Kier alpha value is -0.260. The van der Waals surface area contributed by atoms with E-state index in [-0.39, 0.29) is 12.4 Å². The zero-order valence-corrected chi connectivity index (χ0v) is 7.25. The zero-order chi connectivity index (χ0) is 8.85. The van der Waals surface area contributed by atoms with Crippen LogP contribution in [-0.2, 0) is 9.53 Å². The first kappa shape index (κ1) is 10.7. The highest BCUT2D eigenvalue weighted by Crippen LogP contribution is 1.94. The standard InChI is InChI=1S/C6H13NO3S/c1-4(2-8)10-6(9)5(7)3-11/h4-5,8,11H,2-3,7H2,1H3/t4?,5-/m0/s1. The van der Waals surface area contributed by atoms with E-state index in [0.29, 0.717) is 0 Å². The Morgan fingerprint density at radius 3 is 2.73 bits per heavy atom. The van der Waals surface area contributed by atoms with Gasteiger partial charge < -0.3 is 15.6 Å². The quantitative estimate of drug-likeness (QED) is 0.389. The average Bonchev–Trinajstić information content (AvgIpc) is 2.02. The Morgan fingerprint density at radius 2 is 2.36 bits per heavy atom. The Morgan fingerprint density at radius 1 is 1.82 bits per heavy atom. The van der Waals surface area contributed by atoms with Gasteiger partial charge in [-0.2, -0.15) is 12.6 Å². The number of ether oxygens (including phenoxy) is 1. The fraction of sp³-hybridized carbons (Fsp3) is 0.833. The molecule has 0 heterocycles. The molecule has 0 spiro atoms. The van der Waals surface area contributed by atoms with Gasteiger partial charge in [0.25, 0.3) is 0 Å². The largest absolute Gasteiger partial charge is 0.459 e. The van der Waals surface area contributed by atoms with Crippen LogP contribution in [0.2, 0.25) is 0 Å². The minimum atomic E-state index is -0.702.